The molecule has 0 unspecified atom stereocenters. The molecule has 1 atom stereocenters. The van der Waals surface area contributed by atoms with Gasteiger partial charge in [-0.05, 0) is 75.4 Å². The van der Waals surface area contributed by atoms with Crippen molar-refractivity contribution in [1.82, 2.24) is 0 Å². The second kappa shape index (κ2) is 9.69. The zero-order valence-corrected chi connectivity index (χ0v) is 20.8. The molecule has 1 heterocycles. The molecule has 7 nitrogen and oxygen atoms in total. The van der Waals surface area contributed by atoms with Gasteiger partial charge in [0.15, 0.2) is 11.9 Å². The Labute approximate surface area is 202 Å². The van der Waals surface area contributed by atoms with E-state index in [-0.39, 0.29) is 11.1 Å². The average molecular weight is 517 g/mol. The van der Waals surface area contributed by atoms with Gasteiger partial charge < -0.3 is 18.4 Å². The van der Waals surface area contributed by atoms with Crippen LogP contribution in [0.3, 0.4) is 0 Å². The maximum atomic E-state index is 13.2. The van der Waals surface area contributed by atoms with Crippen molar-refractivity contribution in [3.63, 3.8) is 0 Å². The van der Waals surface area contributed by atoms with Crippen LogP contribution in [0.25, 0.3) is 11.1 Å². The van der Waals surface area contributed by atoms with E-state index in [2.05, 4.69) is 4.18 Å². The van der Waals surface area contributed by atoms with Crippen molar-refractivity contribution in [3.8, 4) is 22.6 Å². The van der Waals surface area contributed by atoms with Gasteiger partial charge >= 0.3 is 21.6 Å². The molecule has 0 saturated carbocycles. The number of hydrogen-bond acceptors (Lipinski definition) is 7. The lowest BCUT2D eigenvalue weighted by atomic mass is 9.89. The van der Waals surface area contributed by atoms with Gasteiger partial charge in [-0.3, -0.25) is 0 Å². The predicted octanol–water partition coefficient (Wildman–Crippen LogP) is 5.24. The number of fused-ring (bicyclic) bond motifs is 1. The summed E-state index contributed by atoms with van der Waals surface area (Å²) in [7, 11) is -4.84. The molecule has 11 heteroatoms. The number of aryl methyl sites for hydroxylation is 2. The number of benzene rings is 2. The summed E-state index contributed by atoms with van der Waals surface area (Å²) in [6, 6.07) is 7.39. The lowest BCUT2D eigenvalue weighted by molar-refractivity contribution is -0.164. The highest BCUT2D eigenvalue weighted by Crippen LogP contribution is 2.44. The summed E-state index contributed by atoms with van der Waals surface area (Å²) < 4.78 is 84.5. The van der Waals surface area contributed by atoms with Gasteiger partial charge in [-0.1, -0.05) is 12.1 Å². The molecule has 35 heavy (non-hydrogen) atoms. The van der Waals surface area contributed by atoms with Crippen LogP contribution in [0.4, 0.5) is 13.2 Å². The first-order valence-electron chi connectivity index (χ1n) is 10.8. The van der Waals surface area contributed by atoms with E-state index in [0.717, 1.165) is 25.2 Å². The Morgan fingerprint density at radius 1 is 1.11 bits per heavy atom. The molecule has 3 rings (SSSR count). The number of alkyl halides is 3. The van der Waals surface area contributed by atoms with Crippen LogP contribution in [0.1, 0.15) is 50.0 Å². The zero-order chi connectivity index (χ0) is 26.2. The van der Waals surface area contributed by atoms with E-state index >= 15 is 0 Å². The third-order valence-electron chi connectivity index (χ3n) is 5.25. The van der Waals surface area contributed by atoms with E-state index in [1.165, 1.54) is 6.07 Å². The minimum Gasteiger partial charge on any atom is -0.493 e. The Balaban J connectivity index is 2.33. The summed E-state index contributed by atoms with van der Waals surface area (Å²) in [4.78, 5) is 12.8. The van der Waals surface area contributed by atoms with Gasteiger partial charge in [-0.15, -0.1) is 0 Å². The van der Waals surface area contributed by atoms with Crippen LogP contribution in [0, 0.1) is 6.92 Å². The molecule has 1 aliphatic rings. The Kier molecular flexibility index (Phi) is 7.42. The highest BCUT2D eigenvalue weighted by molar-refractivity contribution is 7.88. The lowest BCUT2D eigenvalue weighted by Crippen LogP contribution is -2.30. The molecule has 0 amide bonds. The molecule has 0 spiro atoms. The standard InChI is InChI=1S/C24H27F3O7S/c1-14-8-10-18(34-35(29,30)24(25,26)27)20(16-9-11-17-15(13-16)7-6-12-32-17)19(14)21(22(28)31-5)33-23(2,3)4/h8-11,13,21H,6-7,12H2,1-5H3/t21-/m0/s1. The fourth-order valence-corrected chi connectivity index (χ4v) is 4.25. The first kappa shape index (κ1) is 26.8. The van der Waals surface area contributed by atoms with E-state index in [1.807, 2.05) is 0 Å². The molecular formula is C24H27F3O7S. The van der Waals surface area contributed by atoms with Gasteiger partial charge in [0.1, 0.15) is 5.75 Å². The average Bonchev–Trinajstić information content (AvgIpc) is 2.76. The largest absolute Gasteiger partial charge is 0.534 e. The van der Waals surface area contributed by atoms with E-state index in [1.54, 1.807) is 45.9 Å². The van der Waals surface area contributed by atoms with Crippen LogP contribution >= 0.6 is 0 Å². The topological polar surface area (TPSA) is 88.1 Å². The maximum absolute atomic E-state index is 13.2. The number of methoxy groups -OCH3 is 1. The molecule has 1 aliphatic heterocycles. The maximum Gasteiger partial charge on any atom is 0.534 e. The first-order chi connectivity index (χ1) is 16.1. The minimum atomic E-state index is -6.00. The third kappa shape index (κ3) is 5.90. The van der Waals surface area contributed by atoms with Crippen molar-refractivity contribution in [2.45, 2.75) is 57.7 Å². The summed E-state index contributed by atoms with van der Waals surface area (Å²) in [6.07, 6.45) is 0.0145. The molecule has 192 valence electrons. The van der Waals surface area contributed by atoms with Crippen molar-refractivity contribution in [1.29, 1.82) is 0 Å². The first-order valence-corrected chi connectivity index (χ1v) is 12.2. The fraction of sp³-hybridized carbons (Fsp3) is 0.458. The van der Waals surface area contributed by atoms with Gasteiger partial charge in [0.05, 0.1) is 19.3 Å². The Hall–Kier alpha value is -2.79. The second-order valence-electron chi connectivity index (χ2n) is 9.06. The monoisotopic (exact) mass is 516 g/mol. The SMILES string of the molecule is COC(=O)[C@@H](OC(C)(C)C)c1c(C)ccc(OS(=O)(=O)C(F)(F)F)c1-c1ccc2c(c1)CCCO2. The number of rotatable bonds is 6. The molecule has 0 radical (unpaired) electrons. The number of carbonyl (C=O) groups is 1. The fourth-order valence-electron chi connectivity index (χ4n) is 3.78. The summed E-state index contributed by atoms with van der Waals surface area (Å²) >= 11 is 0. The van der Waals surface area contributed by atoms with Crippen LogP contribution in [0.2, 0.25) is 0 Å². The number of carbonyl (C=O) groups excluding carboxylic acids is 1. The van der Waals surface area contributed by atoms with Gasteiger partial charge in [0.25, 0.3) is 0 Å². The van der Waals surface area contributed by atoms with Gasteiger partial charge in [-0.2, -0.15) is 21.6 Å². The smallest absolute Gasteiger partial charge is 0.493 e. The second-order valence-corrected chi connectivity index (χ2v) is 10.6. The number of ether oxygens (including phenoxy) is 3. The molecule has 0 N–H and O–H groups in total. The Morgan fingerprint density at radius 3 is 2.40 bits per heavy atom. The van der Waals surface area contributed by atoms with Crippen LogP contribution in [-0.2, 0) is 30.8 Å². The highest BCUT2D eigenvalue weighted by atomic mass is 32.2. The molecule has 0 aromatic heterocycles. The summed E-state index contributed by atoms with van der Waals surface area (Å²) in [5, 5.41) is 0. The minimum absolute atomic E-state index is 0.0224. The number of esters is 1. The van der Waals surface area contributed by atoms with Gasteiger partial charge in [0.2, 0.25) is 0 Å². The van der Waals surface area contributed by atoms with Crippen LogP contribution in [-0.4, -0.2) is 39.2 Å². The van der Waals surface area contributed by atoms with E-state index in [0.29, 0.717) is 29.9 Å². The Morgan fingerprint density at radius 2 is 1.80 bits per heavy atom. The quantitative estimate of drug-likeness (QED) is 0.295. The zero-order valence-electron chi connectivity index (χ0n) is 20.0. The summed E-state index contributed by atoms with van der Waals surface area (Å²) in [5.74, 6) is -0.776. The predicted molar refractivity (Wildman–Crippen MR) is 122 cm³/mol. The van der Waals surface area contributed by atoms with Crippen LogP contribution < -0.4 is 8.92 Å². The highest BCUT2D eigenvalue weighted by Gasteiger charge is 2.49. The van der Waals surface area contributed by atoms with E-state index < -0.39 is 39.1 Å². The molecular weight excluding hydrogens is 489 g/mol. The van der Waals surface area contributed by atoms with Crippen molar-refractivity contribution >= 4 is 16.1 Å². The van der Waals surface area contributed by atoms with Crippen molar-refractivity contribution < 1.29 is 44.8 Å². The molecule has 0 saturated heterocycles. The van der Waals surface area contributed by atoms with Gasteiger partial charge in [0, 0.05) is 11.1 Å². The van der Waals surface area contributed by atoms with E-state index in [4.69, 9.17) is 14.2 Å². The van der Waals surface area contributed by atoms with Crippen molar-refractivity contribution in [2.75, 3.05) is 13.7 Å². The van der Waals surface area contributed by atoms with Crippen LogP contribution in [0.5, 0.6) is 11.5 Å². The third-order valence-corrected chi connectivity index (χ3v) is 6.22. The van der Waals surface area contributed by atoms with Crippen molar-refractivity contribution in [3.05, 3.63) is 47.0 Å². The van der Waals surface area contributed by atoms with Gasteiger partial charge in [-0.25, -0.2) is 4.79 Å². The lowest BCUT2D eigenvalue weighted by Gasteiger charge is -2.29. The summed E-state index contributed by atoms with van der Waals surface area (Å²) in [6.45, 7) is 7.25. The normalized spacial score (nSPS) is 15.1. The molecule has 2 aromatic carbocycles. The molecule has 0 bridgehead atoms. The molecule has 0 aliphatic carbocycles. The van der Waals surface area contributed by atoms with E-state index in [9.17, 15) is 26.4 Å². The number of hydrogen-bond donors (Lipinski definition) is 0. The summed E-state index contributed by atoms with van der Waals surface area (Å²) in [5.41, 5.74) is -4.80. The number of halogens is 3. The molecule has 2 aromatic rings. The van der Waals surface area contributed by atoms with Crippen LogP contribution in [0.15, 0.2) is 30.3 Å². The van der Waals surface area contributed by atoms with Crippen molar-refractivity contribution in [2.24, 2.45) is 0 Å². The Bertz CT molecular complexity index is 1210. The molecule has 0 fully saturated rings.